The highest BCUT2D eigenvalue weighted by atomic mass is 35.5. The number of aryl methyl sites for hydroxylation is 1. The summed E-state index contributed by atoms with van der Waals surface area (Å²) in [7, 11) is 1.57. The Morgan fingerprint density at radius 3 is 2.76 bits per heavy atom. The minimum atomic E-state index is -0.402. The second kappa shape index (κ2) is 9.67. The number of benzene rings is 2. The zero-order valence-corrected chi connectivity index (χ0v) is 17.8. The molecule has 1 atom stereocenters. The van der Waals surface area contributed by atoms with Crippen molar-refractivity contribution >= 4 is 35.0 Å². The fourth-order valence-electron chi connectivity index (χ4n) is 2.44. The van der Waals surface area contributed by atoms with Gasteiger partial charge in [-0.2, -0.15) is 0 Å². The molecule has 0 fully saturated rings. The lowest BCUT2D eigenvalue weighted by atomic mass is 10.2. The molecule has 2 N–H and O–H groups in total. The van der Waals surface area contributed by atoms with Crippen LogP contribution in [0.5, 0.6) is 11.5 Å². The summed E-state index contributed by atoms with van der Waals surface area (Å²) in [4.78, 5) is 16.9. The lowest BCUT2D eigenvalue weighted by Crippen LogP contribution is -2.22. The number of nitrogens with one attached hydrogen (secondary N) is 2. The molecular formula is C20H21ClN4O3S. The molecule has 1 amide bonds. The number of nitrogens with zero attached hydrogens (tertiary/aromatic N) is 2. The van der Waals surface area contributed by atoms with E-state index in [0.29, 0.717) is 33.2 Å². The molecule has 3 rings (SSSR count). The van der Waals surface area contributed by atoms with Crippen molar-refractivity contribution in [2.75, 3.05) is 12.4 Å². The highest BCUT2D eigenvalue weighted by Crippen LogP contribution is 2.27. The third-order valence-electron chi connectivity index (χ3n) is 3.96. The summed E-state index contributed by atoms with van der Waals surface area (Å²) in [6.45, 7) is 3.98. The first-order valence-corrected chi connectivity index (χ1v) is 10.1. The molecule has 0 spiro atoms. The lowest BCUT2D eigenvalue weighted by Gasteiger charge is -2.13. The molecule has 152 valence electrons. The van der Waals surface area contributed by atoms with Crippen LogP contribution in [0.2, 0.25) is 5.02 Å². The van der Waals surface area contributed by atoms with Gasteiger partial charge in [0.25, 0.3) is 0 Å². The zero-order valence-electron chi connectivity index (χ0n) is 16.2. The van der Waals surface area contributed by atoms with E-state index in [1.807, 2.05) is 25.1 Å². The normalized spacial score (nSPS) is 11.7. The SMILES string of the molecule is COc1ccc(C)cc1NC(=O)C(C)Sc1n[nH]c(COc2ccc(Cl)cc2)n1. The molecular weight excluding hydrogens is 412 g/mol. The van der Waals surface area contributed by atoms with Crippen LogP contribution in [0.1, 0.15) is 18.3 Å². The summed E-state index contributed by atoms with van der Waals surface area (Å²) in [6.07, 6.45) is 0. The number of hydrogen-bond acceptors (Lipinski definition) is 6. The molecule has 1 aromatic heterocycles. The van der Waals surface area contributed by atoms with Crippen LogP contribution in [0.15, 0.2) is 47.6 Å². The Kier molecular flexibility index (Phi) is 7.00. The number of thioether (sulfide) groups is 1. The Bertz CT molecular complexity index is 978. The fraction of sp³-hybridized carbons (Fsp3) is 0.250. The van der Waals surface area contributed by atoms with Crippen LogP contribution >= 0.6 is 23.4 Å². The van der Waals surface area contributed by atoms with Crippen molar-refractivity contribution in [1.29, 1.82) is 0 Å². The minimum absolute atomic E-state index is 0.164. The third-order valence-corrected chi connectivity index (χ3v) is 5.18. The number of aromatic amines is 1. The number of carbonyl (C=O) groups is 1. The Balaban J connectivity index is 1.55. The first kappa shape index (κ1) is 21.0. The van der Waals surface area contributed by atoms with Crippen LogP contribution in [0.25, 0.3) is 0 Å². The van der Waals surface area contributed by atoms with E-state index in [4.69, 9.17) is 21.1 Å². The van der Waals surface area contributed by atoms with Gasteiger partial charge in [-0.3, -0.25) is 9.89 Å². The highest BCUT2D eigenvalue weighted by Gasteiger charge is 2.19. The van der Waals surface area contributed by atoms with E-state index in [1.54, 1.807) is 38.3 Å². The van der Waals surface area contributed by atoms with Gasteiger partial charge in [-0.25, -0.2) is 4.98 Å². The number of aromatic nitrogens is 3. The van der Waals surface area contributed by atoms with Gasteiger partial charge >= 0.3 is 0 Å². The maximum Gasteiger partial charge on any atom is 0.237 e. The first-order valence-electron chi connectivity index (χ1n) is 8.86. The Morgan fingerprint density at radius 1 is 1.28 bits per heavy atom. The molecule has 0 bridgehead atoms. The monoisotopic (exact) mass is 432 g/mol. The highest BCUT2D eigenvalue weighted by molar-refractivity contribution is 8.00. The molecule has 0 aliphatic rings. The average molecular weight is 433 g/mol. The Morgan fingerprint density at radius 2 is 2.03 bits per heavy atom. The van der Waals surface area contributed by atoms with Crippen LogP contribution in [0, 0.1) is 6.92 Å². The van der Waals surface area contributed by atoms with Crippen molar-refractivity contribution in [2.45, 2.75) is 30.9 Å². The van der Waals surface area contributed by atoms with E-state index in [9.17, 15) is 4.79 Å². The van der Waals surface area contributed by atoms with E-state index >= 15 is 0 Å². The van der Waals surface area contributed by atoms with Gasteiger partial charge in [-0.05, 0) is 55.8 Å². The van der Waals surface area contributed by atoms with E-state index in [1.165, 1.54) is 11.8 Å². The van der Waals surface area contributed by atoms with Gasteiger partial charge in [0.1, 0.15) is 18.1 Å². The summed E-state index contributed by atoms with van der Waals surface area (Å²) in [5.74, 6) is 1.69. The maximum atomic E-state index is 12.6. The number of hydrogen-bond donors (Lipinski definition) is 2. The van der Waals surface area contributed by atoms with Crippen molar-refractivity contribution in [2.24, 2.45) is 0 Å². The number of methoxy groups -OCH3 is 1. The largest absolute Gasteiger partial charge is 0.495 e. The quantitative estimate of drug-likeness (QED) is 0.510. The standard InChI is InChI=1S/C20H21ClN4O3S/c1-12-4-9-17(27-3)16(10-12)22-19(26)13(2)29-20-23-18(24-25-20)11-28-15-7-5-14(21)6-8-15/h4-10,13H,11H2,1-3H3,(H,22,26)(H,23,24,25). The summed E-state index contributed by atoms with van der Waals surface area (Å²) < 4.78 is 10.9. The van der Waals surface area contributed by atoms with Crippen molar-refractivity contribution in [1.82, 2.24) is 15.2 Å². The smallest absolute Gasteiger partial charge is 0.237 e. The molecule has 1 heterocycles. The van der Waals surface area contributed by atoms with Crippen molar-refractivity contribution in [3.05, 3.63) is 58.9 Å². The fourth-order valence-corrected chi connectivity index (χ4v) is 3.31. The van der Waals surface area contributed by atoms with Crippen LogP contribution in [0.3, 0.4) is 0 Å². The summed E-state index contributed by atoms with van der Waals surface area (Å²) in [5.41, 5.74) is 1.66. The summed E-state index contributed by atoms with van der Waals surface area (Å²) in [5, 5.41) is 10.6. The van der Waals surface area contributed by atoms with Crippen LogP contribution in [-0.2, 0) is 11.4 Å². The molecule has 0 saturated heterocycles. The number of anilines is 1. The predicted molar refractivity (Wildman–Crippen MR) is 114 cm³/mol. The van der Waals surface area contributed by atoms with E-state index < -0.39 is 5.25 Å². The van der Waals surface area contributed by atoms with Gasteiger partial charge in [0.2, 0.25) is 11.1 Å². The number of halogens is 1. The Labute approximate surface area is 178 Å². The zero-order chi connectivity index (χ0) is 20.8. The number of H-pyrrole nitrogens is 1. The van der Waals surface area contributed by atoms with Crippen molar-refractivity contribution in [3.63, 3.8) is 0 Å². The van der Waals surface area contributed by atoms with E-state index in [-0.39, 0.29) is 12.5 Å². The number of ether oxygens (including phenoxy) is 2. The number of rotatable bonds is 8. The molecule has 0 saturated carbocycles. The van der Waals surface area contributed by atoms with Crippen LogP contribution in [-0.4, -0.2) is 33.4 Å². The summed E-state index contributed by atoms with van der Waals surface area (Å²) >= 11 is 7.11. The third kappa shape index (κ3) is 5.88. The van der Waals surface area contributed by atoms with Crippen LogP contribution < -0.4 is 14.8 Å². The van der Waals surface area contributed by atoms with Gasteiger partial charge in [-0.15, -0.1) is 5.10 Å². The van der Waals surface area contributed by atoms with E-state index in [2.05, 4.69) is 20.5 Å². The molecule has 7 nitrogen and oxygen atoms in total. The molecule has 3 aromatic rings. The molecule has 0 aliphatic carbocycles. The van der Waals surface area contributed by atoms with Crippen molar-refractivity contribution < 1.29 is 14.3 Å². The van der Waals surface area contributed by atoms with Crippen molar-refractivity contribution in [3.8, 4) is 11.5 Å². The average Bonchev–Trinajstić information content (AvgIpc) is 3.15. The second-order valence-corrected chi connectivity index (χ2v) is 8.00. The molecule has 0 aliphatic heterocycles. The lowest BCUT2D eigenvalue weighted by molar-refractivity contribution is -0.115. The minimum Gasteiger partial charge on any atom is -0.495 e. The van der Waals surface area contributed by atoms with Gasteiger partial charge in [0.05, 0.1) is 18.0 Å². The molecule has 9 heteroatoms. The maximum absolute atomic E-state index is 12.6. The van der Waals surface area contributed by atoms with Gasteiger partial charge in [0, 0.05) is 5.02 Å². The summed E-state index contributed by atoms with van der Waals surface area (Å²) in [6, 6.07) is 12.7. The number of carbonyl (C=O) groups excluding carboxylic acids is 1. The molecule has 29 heavy (non-hydrogen) atoms. The van der Waals surface area contributed by atoms with Gasteiger partial charge < -0.3 is 14.8 Å². The first-order chi connectivity index (χ1) is 13.9. The molecule has 1 unspecified atom stereocenters. The van der Waals surface area contributed by atoms with Gasteiger partial charge in [0.15, 0.2) is 5.82 Å². The second-order valence-electron chi connectivity index (χ2n) is 6.26. The molecule has 0 radical (unpaired) electrons. The van der Waals surface area contributed by atoms with Crippen LogP contribution in [0.4, 0.5) is 5.69 Å². The van der Waals surface area contributed by atoms with E-state index in [0.717, 1.165) is 5.56 Å². The Hall–Kier alpha value is -2.71. The predicted octanol–water partition coefficient (Wildman–Crippen LogP) is 4.47. The van der Waals surface area contributed by atoms with Gasteiger partial charge in [-0.1, -0.05) is 29.4 Å². The topological polar surface area (TPSA) is 89.1 Å². The molecule has 2 aromatic carbocycles. The number of amides is 1.